The van der Waals surface area contributed by atoms with E-state index in [-0.39, 0.29) is 11.4 Å². The highest BCUT2D eigenvalue weighted by Gasteiger charge is 2.34. The summed E-state index contributed by atoms with van der Waals surface area (Å²) in [5.41, 5.74) is 1.00. The minimum atomic E-state index is -3.65. The van der Waals surface area contributed by atoms with Gasteiger partial charge < -0.3 is 5.11 Å². The van der Waals surface area contributed by atoms with Crippen molar-refractivity contribution in [2.24, 2.45) is 0 Å². The minimum absolute atomic E-state index is 0.169. The topological polar surface area (TPSA) is 57.6 Å². The van der Waals surface area contributed by atoms with Gasteiger partial charge in [-0.15, -0.1) is 6.58 Å². The van der Waals surface area contributed by atoms with Crippen molar-refractivity contribution in [1.82, 2.24) is 4.31 Å². The van der Waals surface area contributed by atoms with Gasteiger partial charge in [0.05, 0.1) is 17.0 Å². The summed E-state index contributed by atoms with van der Waals surface area (Å²) in [4.78, 5) is 0.234. The van der Waals surface area contributed by atoms with Gasteiger partial charge in [0.1, 0.15) is 0 Å². The third-order valence-electron chi connectivity index (χ3n) is 3.37. The molecule has 1 aromatic rings. The van der Waals surface area contributed by atoms with E-state index >= 15 is 0 Å². The summed E-state index contributed by atoms with van der Waals surface area (Å²) < 4.78 is 26.7. The van der Waals surface area contributed by atoms with E-state index in [4.69, 9.17) is 0 Å². The molecule has 0 bridgehead atoms. The Bertz CT molecular complexity index is 605. The molecule has 5 heteroatoms. The largest absolute Gasteiger partial charge is 0.391 e. The molecule has 1 N–H and O–H groups in total. The Balaban J connectivity index is 2.39. The Morgan fingerprint density at radius 1 is 1.40 bits per heavy atom. The third-order valence-corrected chi connectivity index (χ3v) is 5.25. The molecule has 0 saturated carbocycles. The molecule has 2 atom stereocenters. The summed E-state index contributed by atoms with van der Waals surface area (Å²) in [6.45, 7) is 5.68. The first-order chi connectivity index (χ1) is 9.46. The van der Waals surface area contributed by atoms with Crippen molar-refractivity contribution >= 4 is 10.0 Å². The Kier molecular flexibility index (Phi) is 4.42. The van der Waals surface area contributed by atoms with Gasteiger partial charge >= 0.3 is 0 Å². The van der Waals surface area contributed by atoms with Gasteiger partial charge in [0.25, 0.3) is 0 Å². The SMILES string of the molecule is C=CCN([C@H]1C=CC[C@H]1O)S(=O)(=O)c1ccc(C)cc1. The standard InChI is InChI=1S/C15H19NO3S/c1-3-11-16(14-5-4-6-15(14)17)20(18,19)13-9-7-12(2)8-10-13/h3-5,7-10,14-15,17H,1,6,11H2,2H3/t14-,15+/m0/s1. The first-order valence-corrected chi connectivity index (χ1v) is 7.95. The average Bonchev–Trinajstić information content (AvgIpc) is 2.82. The molecule has 108 valence electrons. The third kappa shape index (κ3) is 2.85. The molecule has 0 saturated heterocycles. The van der Waals surface area contributed by atoms with Gasteiger partial charge in [-0.1, -0.05) is 35.9 Å². The molecule has 0 aromatic heterocycles. The van der Waals surface area contributed by atoms with Crippen LogP contribution in [0.4, 0.5) is 0 Å². The zero-order valence-electron chi connectivity index (χ0n) is 11.4. The first kappa shape index (κ1) is 15.0. The van der Waals surface area contributed by atoms with Crippen molar-refractivity contribution in [3.05, 3.63) is 54.6 Å². The molecule has 0 unspecified atom stereocenters. The molecule has 0 heterocycles. The molecule has 0 fully saturated rings. The Labute approximate surface area is 120 Å². The number of benzene rings is 1. The van der Waals surface area contributed by atoms with E-state index in [0.29, 0.717) is 6.42 Å². The zero-order chi connectivity index (χ0) is 14.8. The molecule has 0 radical (unpaired) electrons. The van der Waals surface area contributed by atoms with Crippen LogP contribution in [0.15, 0.2) is 54.0 Å². The molecule has 0 spiro atoms. The van der Waals surface area contributed by atoms with Crippen molar-refractivity contribution in [3.8, 4) is 0 Å². The van der Waals surface area contributed by atoms with Crippen LogP contribution in [0.25, 0.3) is 0 Å². The van der Waals surface area contributed by atoms with E-state index in [1.807, 2.05) is 6.92 Å². The fourth-order valence-electron chi connectivity index (χ4n) is 2.27. The van der Waals surface area contributed by atoms with Crippen molar-refractivity contribution in [2.75, 3.05) is 6.54 Å². The number of nitrogens with zero attached hydrogens (tertiary/aromatic N) is 1. The van der Waals surface area contributed by atoms with E-state index < -0.39 is 22.2 Å². The van der Waals surface area contributed by atoms with Crippen LogP contribution in [0.2, 0.25) is 0 Å². The molecule has 2 rings (SSSR count). The van der Waals surface area contributed by atoms with Crippen LogP contribution in [0, 0.1) is 6.92 Å². The summed E-state index contributed by atoms with van der Waals surface area (Å²) in [5.74, 6) is 0. The van der Waals surface area contributed by atoms with Gasteiger partial charge in [0.15, 0.2) is 0 Å². The lowest BCUT2D eigenvalue weighted by molar-refractivity contribution is 0.128. The maximum Gasteiger partial charge on any atom is 0.243 e. The molecular formula is C15H19NO3S. The van der Waals surface area contributed by atoms with Crippen LogP contribution >= 0.6 is 0 Å². The second kappa shape index (κ2) is 5.91. The number of rotatable bonds is 5. The summed E-state index contributed by atoms with van der Waals surface area (Å²) >= 11 is 0. The monoisotopic (exact) mass is 293 g/mol. The Hall–Kier alpha value is -1.43. The van der Waals surface area contributed by atoms with Gasteiger partial charge in [0, 0.05) is 6.54 Å². The Morgan fingerprint density at radius 3 is 2.55 bits per heavy atom. The zero-order valence-corrected chi connectivity index (χ0v) is 12.3. The number of sulfonamides is 1. The lowest BCUT2D eigenvalue weighted by Gasteiger charge is -2.28. The maximum atomic E-state index is 12.7. The molecule has 1 aromatic carbocycles. The van der Waals surface area contributed by atoms with Gasteiger partial charge in [0.2, 0.25) is 10.0 Å². The normalized spacial score (nSPS) is 22.4. The van der Waals surface area contributed by atoms with Crippen LogP contribution in [0.3, 0.4) is 0 Å². The summed E-state index contributed by atoms with van der Waals surface area (Å²) in [5, 5.41) is 9.94. The number of hydrogen-bond donors (Lipinski definition) is 1. The quantitative estimate of drug-likeness (QED) is 0.843. The van der Waals surface area contributed by atoms with E-state index in [1.54, 1.807) is 36.4 Å². The highest BCUT2D eigenvalue weighted by atomic mass is 32.2. The number of aliphatic hydroxyl groups excluding tert-OH is 1. The van der Waals surface area contributed by atoms with E-state index in [1.165, 1.54) is 10.4 Å². The summed E-state index contributed by atoms with van der Waals surface area (Å²) in [6.07, 6.45) is 4.85. The second-order valence-corrected chi connectivity index (χ2v) is 6.79. The second-order valence-electron chi connectivity index (χ2n) is 4.90. The Morgan fingerprint density at radius 2 is 2.05 bits per heavy atom. The molecule has 1 aliphatic carbocycles. The van der Waals surface area contributed by atoms with Crippen LogP contribution in [-0.4, -0.2) is 36.5 Å². The molecular weight excluding hydrogens is 274 g/mol. The van der Waals surface area contributed by atoms with Crippen LogP contribution in [0.5, 0.6) is 0 Å². The predicted molar refractivity (Wildman–Crippen MR) is 78.8 cm³/mol. The van der Waals surface area contributed by atoms with E-state index in [0.717, 1.165) is 5.56 Å². The smallest absolute Gasteiger partial charge is 0.243 e. The molecule has 1 aliphatic rings. The molecule has 0 aliphatic heterocycles. The van der Waals surface area contributed by atoms with Crippen molar-refractivity contribution in [1.29, 1.82) is 0 Å². The summed E-state index contributed by atoms with van der Waals surface area (Å²) in [6, 6.07) is 6.18. The number of aryl methyl sites for hydroxylation is 1. The molecule has 0 amide bonds. The predicted octanol–water partition coefficient (Wildman–Crippen LogP) is 1.86. The lowest BCUT2D eigenvalue weighted by atomic mass is 10.2. The van der Waals surface area contributed by atoms with E-state index in [2.05, 4.69) is 6.58 Å². The van der Waals surface area contributed by atoms with Gasteiger partial charge in [-0.2, -0.15) is 4.31 Å². The van der Waals surface area contributed by atoms with Crippen LogP contribution in [-0.2, 0) is 10.0 Å². The first-order valence-electron chi connectivity index (χ1n) is 6.51. The number of hydrogen-bond acceptors (Lipinski definition) is 3. The highest BCUT2D eigenvalue weighted by molar-refractivity contribution is 7.89. The van der Waals surface area contributed by atoms with Crippen molar-refractivity contribution in [2.45, 2.75) is 30.4 Å². The van der Waals surface area contributed by atoms with Crippen LogP contribution in [0.1, 0.15) is 12.0 Å². The number of aliphatic hydroxyl groups is 1. The highest BCUT2D eigenvalue weighted by Crippen LogP contribution is 2.25. The van der Waals surface area contributed by atoms with Gasteiger partial charge in [-0.25, -0.2) is 8.42 Å². The fraction of sp³-hybridized carbons (Fsp3) is 0.333. The average molecular weight is 293 g/mol. The fourth-order valence-corrected chi connectivity index (χ4v) is 3.85. The molecule has 20 heavy (non-hydrogen) atoms. The lowest BCUT2D eigenvalue weighted by Crippen LogP contribution is -2.44. The van der Waals surface area contributed by atoms with Crippen molar-refractivity contribution < 1.29 is 13.5 Å². The van der Waals surface area contributed by atoms with Gasteiger partial charge in [-0.3, -0.25) is 0 Å². The summed E-state index contributed by atoms with van der Waals surface area (Å²) in [7, 11) is -3.65. The maximum absolute atomic E-state index is 12.7. The van der Waals surface area contributed by atoms with Crippen LogP contribution < -0.4 is 0 Å². The van der Waals surface area contributed by atoms with Crippen molar-refractivity contribution in [3.63, 3.8) is 0 Å². The van der Waals surface area contributed by atoms with E-state index in [9.17, 15) is 13.5 Å². The van der Waals surface area contributed by atoms with Gasteiger partial charge in [-0.05, 0) is 25.5 Å². The molecule has 4 nitrogen and oxygen atoms in total. The minimum Gasteiger partial charge on any atom is -0.391 e.